The number of nitrogens with zero attached hydrogens (tertiary/aromatic N) is 4. The Labute approximate surface area is 153 Å². The second-order valence-corrected chi connectivity index (χ2v) is 7.04. The van der Waals surface area contributed by atoms with Crippen molar-refractivity contribution in [3.8, 4) is 11.4 Å². The van der Waals surface area contributed by atoms with Gasteiger partial charge in [0, 0.05) is 49.7 Å². The van der Waals surface area contributed by atoms with Gasteiger partial charge in [-0.25, -0.2) is 9.97 Å². The molecular formula is C19H26N6O. The number of aliphatic hydroxyl groups is 1. The minimum absolute atomic E-state index is 0.157. The monoisotopic (exact) mass is 354 g/mol. The summed E-state index contributed by atoms with van der Waals surface area (Å²) in [4.78, 5) is 16.0. The van der Waals surface area contributed by atoms with Crippen molar-refractivity contribution in [2.24, 2.45) is 0 Å². The Morgan fingerprint density at radius 2 is 2.27 bits per heavy atom. The molecule has 7 heteroatoms. The zero-order valence-electron chi connectivity index (χ0n) is 15.0. The highest BCUT2D eigenvalue weighted by Gasteiger charge is 2.20. The van der Waals surface area contributed by atoms with Crippen LogP contribution in [-0.4, -0.2) is 57.2 Å². The first-order valence-corrected chi connectivity index (χ1v) is 9.45. The van der Waals surface area contributed by atoms with E-state index in [0.717, 1.165) is 81.4 Å². The van der Waals surface area contributed by atoms with Crippen LogP contribution < -0.4 is 10.6 Å². The first-order chi connectivity index (χ1) is 12.8. The second kappa shape index (κ2) is 8.07. The standard InChI is InChI=1S/C19H26N6O/c26-15-5-2-8-25(13-15)9-3-7-22-19-16-11-21-12-17(16)23-18(24-19)14-4-1-6-20-10-14/h1,4,6,10,15,21,26H,2-3,5,7-9,11-13H2,(H,22,23,24)/t15-/m1/s1. The number of pyridine rings is 1. The third-order valence-electron chi connectivity index (χ3n) is 5.03. The summed E-state index contributed by atoms with van der Waals surface area (Å²) in [7, 11) is 0. The topological polar surface area (TPSA) is 86.2 Å². The second-order valence-electron chi connectivity index (χ2n) is 7.04. The average Bonchev–Trinajstić information content (AvgIpc) is 3.15. The van der Waals surface area contributed by atoms with Crippen molar-refractivity contribution < 1.29 is 5.11 Å². The van der Waals surface area contributed by atoms with E-state index in [1.807, 2.05) is 12.1 Å². The van der Waals surface area contributed by atoms with Gasteiger partial charge in [-0.2, -0.15) is 0 Å². The van der Waals surface area contributed by atoms with Gasteiger partial charge in [0.05, 0.1) is 11.8 Å². The number of aliphatic hydroxyl groups excluding tert-OH is 1. The Hall–Kier alpha value is -2.09. The summed E-state index contributed by atoms with van der Waals surface area (Å²) < 4.78 is 0. The number of β-amino-alcohol motifs (C(OH)–C–C–N with tert-alkyl or cyclic N) is 1. The lowest BCUT2D eigenvalue weighted by Gasteiger charge is -2.29. The highest BCUT2D eigenvalue weighted by atomic mass is 16.3. The molecule has 4 heterocycles. The number of piperidine rings is 1. The van der Waals surface area contributed by atoms with E-state index in [4.69, 9.17) is 9.97 Å². The molecule has 2 aliphatic heterocycles. The predicted molar refractivity (Wildman–Crippen MR) is 101 cm³/mol. The van der Waals surface area contributed by atoms with Crippen LogP contribution in [-0.2, 0) is 13.1 Å². The van der Waals surface area contributed by atoms with Crippen LogP contribution in [0.25, 0.3) is 11.4 Å². The molecule has 2 aromatic rings. The van der Waals surface area contributed by atoms with Crippen molar-refractivity contribution in [2.45, 2.75) is 38.5 Å². The zero-order valence-corrected chi connectivity index (χ0v) is 15.0. The molecule has 0 saturated carbocycles. The summed E-state index contributed by atoms with van der Waals surface area (Å²) in [5, 5.41) is 16.6. The molecule has 2 aromatic heterocycles. The number of likely N-dealkylation sites (tertiary alicyclic amines) is 1. The maximum Gasteiger partial charge on any atom is 0.163 e. The SMILES string of the molecule is O[C@@H]1CCCN(CCCNc2nc(-c3cccnc3)nc3c2CNC3)C1. The van der Waals surface area contributed by atoms with Crippen molar-refractivity contribution >= 4 is 5.82 Å². The number of hydrogen-bond donors (Lipinski definition) is 3. The van der Waals surface area contributed by atoms with Gasteiger partial charge in [0.25, 0.3) is 0 Å². The van der Waals surface area contributed by atoms with E-state index in [-0.39, 0.29) is 6.10 Å². The smallest absolute Gasteiger partial charge is 0.163 e. The van der Waals surface area contributed by atoms with Gasteiger partial charge in [0.1, 0.15) is 5.82 Å². The van der Waals surface area contributed by atoms with Gasteiger partial charge in [-0.1, -0.05) is 0 Å². The van der Waals surface area contributed by atoms with Gasteiger partial charge in [-0.15, -0.1) is 0 Å². The fourth-order valence-corrected chi connectivity index (χ4v) is 3.68. The minimum atomic E-state index is -0.157. The summed E-state index contributed by atoms with van der Waals surface area (Å²) in [5.74, 6) is 1.65. The number of anilines is 1. The van der Waals surface area contributed by atoms with Crippen LogP contribution >= 0.6 is 0 Å². The maximum atomic E-state index is 9.77. The van der Waals surface area contributed by atoms with Gasteiger partial charge in [0.15, 0.2) is 5.82 Å². The van der Waals surface area contributed by atoms with Crippen molar-refractivity contribution in [3.63, 3.8) is 0 Å². The number of rotatable bonds is 6. The van der Waals surface area contributed by atoms with Crippen LogP contribution in [0.15, 0.2) is 24.5 Å². The fourth-order valence-electron chi connectivity index (χ4n) is 3.68. The molecule has 0 unspecified atom stereocenters. The molecule has 1 fully saturated rings. The number of nitrogens with one attached hydrogen (secondary N) is 2. The molecule has 0 amide bonds. The Morgan fingerprint density at radius 1 is 1.31 bits per heavy atom. The lowest BCUT2D eigenvalue weighted by Crippen LogP contribution is -2.39. The Kier molecular flexibility index (Phi) is 5.38. The molecule has 4 rings (SSSR count). The predicted octanol–water partition coefficient (Wildman–Crippen LogP) is 1.40. The van der Waals surface area contributed by atoms with Crippen LogP contribution in [0.2, 0.25) is 0 Å². The van der Waals surface area contributed by atoms with E-state index in [1.165, 1.54) is 5.56 Å². The summed E-state index contributed by atoms with van der Waals surface area (Å²) in [6.07, 6.45) is 6.46. The van der Waals surface area contributed by atoms with Crippen molar-refractivity contribution in [1.82, 2.24) is 25.2 Å². The lowest BCUT2D eigenvalue weighted by atomic mass is 10.1. The van der Waals surface area contributed by atoms with E-state index in [0.29, 0.717) is 0 Å². The number of hydrogen-bond acceptors (Lipinski definition) is 7. The van der Waals surface area contributed by atoms with Crippen LogP contribution in [0.1, 0.15) is 30.5 Å². The molecule has 0 spiro atoms. The molecule has 0 aromatic carbocycles. The zero-order chi connectivity index (χ0) is 17.8. The average molecular weight is 354 g/mol. The molecule has 0 bridgehead atoms. The summed E-state index contributed by atoms with van der Waals surface area (Å²) >= 11 is 0. The normalized spacial score (nSPS) is 20.1. The molecule has 138 valence electrons. The van der Waals surface area contributed by atoms with Gasteiger partial charge in [-0.05, 0) is 44.5 Å². The fraction of sp³-hybridized carbons (Fsp3) is 0.526. The molecule has 0 aliphatic carbocycles. The summed E-state index contributed by atoms with van der Waals surface area (Å²) in [6.45, 7) is 5.36. The van der Waals surface area contributed by atoms with Crippen LogP contribution in [0.5, 0.6) is 0 Å². The van der Waals surface area contributed by atoms with E-state index in [2.05, 4.69) is 20.5 Å². The van der Waals surface area contributed by atoms with E-state index >= 15 is 0 Å². The van der Waals surface area contributed by atoms with E-state index in [1.54, 1.807) is 12.4 Å². The molecule has 1 saturated heterocycles. The molecule has 3 N–H and O–H groups in total. The van der Waals surface area contributed by atoms with E-state index < -0.39 is 0 Å². The highest BCUT2D eigenvalue weighted by Crippen LogP contribution is 2.25. The Bertz CT molecular complexity index is 738. The molecule has 7 nitrogen and oxygen atoms in total. The van der Waals surface area contributed by atoms with Crippen molar-refractivity contribution in [3.05, 3.63) is 35.8 Å². The van der Waals surface area contributed by atoms with Crippen LogP contribution in [0, 0.1) is 0 Å². The molecule has 0 radical (unpaired) electrons. The van der Waals surface area contributed by atoms with Crippen LogP contribution in [0.3, 0.4) is 0 Å². The summed E-state index contributed by atoms with van der Waals surface area (Å²) in [5.41, 5.74) is 3.18. The van der Waals surface area contributed by atoms with E-state index in [9.17, 15) is 5.11 Å². The van der Waals surface area contributed by atoms with Gasteiger partial charge >= 0.3 is 0 Å². The first kappa shape index (κ1) is 17.3. The number of fused-ring (bicyclic) bond motifs is 1. The first-order valence-electron chi connectivity index (χ1n) is 9.45. The van der Waals surface area contributed by atoms with Crippen LogP contribution in [0.4, 0.5) is 5.82 Å². The Balaban J connectivity index is 1.40. The molecular weight excluding hydrogens is 328 g/mol. The molecule has 26 heavy (non-hydrogen) atoms. The largest absolute Gasteiger partial charge is 0.392 e. The quantitative estimate of drug-likeness (QED) is 0.676. The van der Waals surface area contributed by atoms with Gasteiger partial charge in [0.2, 0.25) is 0 Å². The van der Waals surface area contributed by atoms with Crippen molar-refractivity contribution in [2.75, 3.05) is 31.5 Å². The van der Waals surface area contributed by atoms with Gasteiger partial charge < -0.3 is 20.6 Å². The lowest BCUT2D eigenvalue weighted by molar-refractivity contribution is 0.0706. The number of aromatic nitrogens is 3. The van der Waals surface area contributed by atoms with Gasteiger partial charge in [-0.3, -0.25) is 4.98 Å². The van der Waals surface area contributed by atoms with Crippen molar-refractivity contribution in [1.29, 1.82) is 0 Å². The molecule has 1 atom stereocenters. The molecule has 2 aliphatic rings. The minimum Gasteiger partial charge on any atom is -0.392 e. The third kappa shape index (κ3) is 4.00. The highest BCUT2D eigenvalue weighted by molar-refractivity contribution is 5.59. The Morgan fingerprint density at radius 3 is 3.12 bits per heavy atom. The third-order valence-corrected chi connectivity index (χ3v) is 5.03. The maximum absolute atomic E-state index is 9.77. The summed E-state index contributed by atoms with van der Waals surface area (Å²) in [6, 6.07) is 3.90.